The average Bonchev–Trinajstić information content (AvgIpc) is 3.32. The maximum Gasteiger partial charge on any atom is 0.260 e. The molecule has 0 aliphatic heterocycles. The maximum absolute atomic E-state index is 13.7. The third kappa shape index (κ3) is 5.37. The molecule has 176 valence electrons. The fraction of sp³-hybridized carbons (Fsp3) is 0.296. The van der Waals surface area contributed by atoms with Crippen molar-refractivity contribution in [2.75, 3.05) is 18.6 Å². The number of benzene rings is 2. The van der Waals surface area contributed by atoms with Gasteiger partial charge in [0, 0.05) is 18.0 Å². The number of carbonyl (C=O) groups excluding carboxylic acids is 1. The minimum atomic E-state index is -0.128. The second-order valence-corrected chi connectivity index (χ2v) is 9.07. The van der Waals surface area contributed by atoms with Gasteiger partial charge in [-0.25, -0.2) is 4.98 Å². The highest BCUT2D eigenvalue weighted by molar-refractivity contribution is 7.22. The van der Waals surface area contributed by atoms with Gasteiger partial charge in [0.15, 0.2) is 5.13 Å². The van der Waals surface area contributed by atoms with Gasteiger partial charge in [-0.15, -0.1) is 0 Å². The molecule has 4 rings (SSSR count). The monoisotopic (exact) mass is 475 g/mol. The largest absolute Gasteiger partial charge is 0.494 e. The van der Waals surface area contributed by atoms with Crippen molar-refractivity contribution in [3.05, 3.63) is 77.6 Å². The van der Waals surface area contributed by atoms with Gasteiger partial charge >= 0.3 is 0 Å². The third-order valence-corrected chi connectivity index (χ3v) is 6.78. The Morgan fingerprint density at radius 3 is 2.62 bits per heavy atom. The molecule has 1 amide bonds. The molecule has 0 fully saturated rings. The molecule has 7 heteroatoms. The second-order valence-electron chi connectivity index (χ2n) is 8.09. The van der Waals surface area contributed by atoms with Crippen LogP contribution in [0.2, 0.25) is 0 Å². The molecule has 0 spiro atoms. The van der Waals surface area contributed by atoms with E-state index in [1.165, 1.54) is 11.3 Å². The number of fused-ring (bicyclic) bond motifs is 1. The fourth-order valence-electron chi connectivity index (χ4n) is 3.67. The van der Waals surface area contributed by atoms with Crippen molar-refractivity contribution in [3.8, 4) is 11.5 Å². The van der Waals surface area contributed by atoms with Crippen LogP contribution in [0.1, 0.15) is 47.7 Å². The summed E-state index contributed by atoms with van der Waals surface area (Å²) in [6.07, 6.45) is 6.82. The quantitative estimate of drug-likeness (QED) is 0.248. The summed E-state index contributed by atoms with van der Waals surface area (Å²) in [7, 11) is 1.63. The molecule has 0 aliphatic carbocycles. The number of nitrogens with zero attached hydrogens (tertiary/aromatic N) is 3. The number of thiazole rings is 1. The normalized spacial score (nSPS) is 10.9. The van der Waals surface area contributed by atoms with Crippen LogP contribution in [0.15, 0.2) is 60.9 Å². The Balaban J connectivity index is 1.65. The molecule has 0 N–H and O–H groups in total. The number of carbonyl (C=O) groups is 1. The lowest BCUT2D eigenvalue weighted by molar-refractivity contribution is 0.0985. The number of amides is 1. The lowest BCUT2D eigenvalue weighted by atomic mass is 10.1. The van der Waals surface area contributed by atoms with E-state index in [4.69, 9.17) is 14.5 Å². The molecule has 0 saturated carbocycles. The molecule has 0 bridgehead atoms. The van der Waals surface area contributed by atoms with Crippen LogP contribution in [0.5, 0.6) is 11.5 Å². The van der Waals surface area contributed by atoms with Crippen molar-refractivity contribution in [1.29, 1.82) is 0 Å². The van der Waals surface area contributed by atoms with Gasteiger partial charge in [-0.05, 0) is 60.9 Å². The average molecular weight is 476 g/mol. The molecule has 4 aromatic rings. The first kappa shape index (κ1) is 23.7. The third-order valence-electron chi connectivity index (χ3n) is 5.57. The van der Waals surface area contributed by atoms with Gasteiger partial charge < -0.3 is 9.47 Å². The molecule has 6 nitrogen and oxygen atoms in total. The number of ether oxygens (including phenoxy) is 2. The van der Waals surface area contributed by atoms with Crippen molar-refractivity contribution < 1.29 is 14.3 Å². The topological polar surface area (TPSA) is 64.5 Å². The van der Waals surface area contributed by atoms with Crippen LogP contribution in [0.25, 0.3) is 10.2 Å². The summed E-state index contributed by atoms with van der Waals surface area (Å²) < 4.78 is 12.3. The van der Waals surface area contributed by atoms with Gasteiger partial charge in [0.25, 0.3) is 5.91 Å². The standard InChI is InChI=1S/C27H29N3O3S/c1-4-5-6-16-33-22-12-10-21(11-13-22)26(31)30(18-20-8-7-15-28-17-20)27-29-24-23(32-3)14-9-19(2)25(24)34-27/h7-15,17H,4-6,16,18H2,1-3H3. The number of methoxy groups -OCH3 is 1. The van der Waals surface area contributed by atoms with E-state index in [1.807, 2.05) is 55.5 Å². The number of aryl methyl sites for hydroxylation is 1. The summed E-state index contributed by atoms with van der Waals surface area (Å²) in [6.45, 7) is 5.25. The van der Waals surface area contributed by atoms with E-state index in [0.717, 1.165) is 46.4 Å². The second kappa shape index (κ2) is 11.1. The molecular weight excluding hydrogens is 446 g/mol. The first-order valence-electron chi connectivity index (χ1n) is 11.5. The molecule has 34 heavy (non-hydrogen) atoms. The zero-order chi connectivity index (χ0) is 23.9. The maximum atomic E-state index is 13.7. The number of hydrogen-bond acceptors (Lipinski definition) is 6. The van der Waals surface area contributed by atoms with Crippen LogP contribution in [-0.2, 0) is 6.54 Å². The van der Waals surface area contributed by atoms with Crippen molar-refractivity contribution in [3.63, 3.8) is 0 Å². The first-order chi connectivity index (χ1) is 16.6. The number of anilines is 1. The predicted octanol–water partition coefficient (Wildman–Crippen LogP) is 6.42. The first-order valence-corrected chi connectivity index (χ1v) is 12.3. The molecular formula is C27H29N3O3S. The zero-order valence-corrected chi connectivity index (χ0v) is 20.6. The van der Waals surface area contributed by atoms with E-state index in [0.29, 0.717) is 29.6 Å². The number of pyridine rings is 1. The van der Waals surface area contributed by atoms with E-state index >= 15 is 0 Å². The van der Waals surface area contributed by atoms with Crippen LogP contribution < -0.4 is 14.4 Å². The highest BCUT2D eigenvalue weighted by atomic mass is 32.1. The molecule has 0 atom stereocenters. The summed E-state index contributed by atoms with van der Waals surface area (Å²) in [5, 5.41) is 0.622. The molecule has 2 aromatic heterocycles. The van der Waals surface area contributed by atoms with E-state index in [-0.39, 0.29) is 5.91 Å². The SMILES string of the molecule is CCCCCOc1ccc(C(=O)N(Cc2cccnc2)c2nc3c(OC)ccc(C)c3s2)cc1. The minimum absolute atomic E-state index is 0.128. The highest BCUT2D eigenvalue weighted by Crippen LogP contribution is 2.37. The van der Waals surface area contributed by atoms with Crippen molar-refractivity contribution in [1.82, 2.24) is 9.97 Å². The number of aromatic nitrogens is 2. The fourth-order valence-corrected chi connectivity index (χ4v) is 4.72. The van der Waals surface area contributed by atoms with E-state index in [2.05, 4.69) is 11.9 Å². The Kier molecular flexibility index (Phi) is 7.75. The lowest BCUT2D eigenvalue weighted by Gasteiger charge is -2.20. The lowest BCUT2D eigenvalue weighted by Crippen LogP contribution is -2.30. The van der Waals surface area contributed by atoms with Crippen molar-refractivity contribution in [2.45, 2.75) is 39.7 Å². The molecule has 2 heterocycles. The number of hydrogen-bond donors (Lipinski definition) is 0. The van der Waals surface area contributed by atoms with Crippen LogP contribution >= 0.6 is 11.3 Å². The van der Waals surface area contributed by atoms with Gasteiger partial charge in [-0.3, -0.25) is 14.7 Å². The summed E-state index contributed by atoms with van der Waals surface area (Å²) in [5.41, 5.74) is 3.36. The van der Waals surface area contributed by atoms with Crippen LogP contribution in [0.3, 0.4) is 0 Å². The molecule has 2 aromatic carbocycles. The molecule has 0 radical (unpaired) electrons. The summed E-state index contributed by atoms with van der Waals surface area (Å²) >= 11 is 1.49. The molecule has 0 unspecified atom stereocenters. The minimum Gasteiger partial charge on any atom is -0.494 e. The van der Waals surface area contributed by atoms with Gasteiger partial charge in [-0.2, -0.15) is 0 Å². The molecule has 0 saturated heterocycles. The number of rotatable bonds is 10. The Bertz CT molecular complexity index is 1240. The van der Waals surface area contributed by atoms with Gasteiger partial charge in [0.05, 0.1) is 25.0 Å². The van der Waals surface area contributed by atoms with Crippen LogP contribution in [0, 0.1) is 6.92 Å². The van der Waals surface area contributed by atoms with E-state index < -0.39 is 0 Å². The number of unbranched alkanes of at least 4 members (excludes halogenated alkanes) is 2. The smallest absolute Gasteiger partial charge is 0.260 e. The van der Waals surface area contributed by atoms with Crippen LogP contribution in [-0.4, -0.2) is 29.6 Å². The van der Waals surface area contributed by atoms with Gasteiger partial charge in [0.2, 0.25) is 0 Å². The zero-order valence-electron chi connectivity index (χ0n) is 19.8. The van der Waals surface area contributed by atoms with Crippen molar-refractivity contribution in [2.24, 2.45) is 0 Å². The van der Waals surface area contributed by atoms with E-state index in [1.54, 1.807) is 24.4 Å². The summed E-state index contributed by atoms with van der Waals surface area (Å²) in [5.74, 6) is 1.34. The predicted molar refractivity (Wildman–Crippen MR) is 137 cm³/mol. The Morgan fingerprint density at radius 2 is 1.91 bits per heavy atom. The van der Waals surface area contributed by atoms with E-state index in [9.17, 15) is 4.79 Å². The molecule has 0 aliphatic rings. The summed E-state index contributed by atoms with van der Waals surface area (Å²) in [4.78, 5) is 24.4. The highest BCUT2D eigenvalue weighted by Gasteiger charge is 2.23. The van der Waals surface area contributed by atoms with Gasteiger partial charge in [0.1, 0.15) is 17.0 Å². The summed E-state index contributed by atoms with van der Waals surface area (Å²) in [6, 6.07) is 15.1. The Morgan fingerprint density at radius 1 is 1.09 bits per heavy atom. The van der Waals surface area contributed by atoms with Crippen LogP contribution in [0.4, 0.5) is 5.13 Å². The van der Waals surface area contributed by atoms with Crippen molar-refractivity contribution >= 4 is 32.6 Å². The van der Waals surface area contributed by atoms with Gasteiger partial charge in [-0.1, -0.05) is 43.2 Å². The Labute approximate surface area is 204 Å². The Hall–Kier alpha value is -3.45.